The third-order valence-electron chi connectivity index (χ3n) is 5.50. The molecular formula is C21H32F3N5O. The summed E-state index contributed by atoms with van der Waals surface area (Å²) in [6.07, 6.45) is -3.16. The summed E-state index contributed by atoms with van der Waals surface area (Å²) >= 11 is 0. The molecule has 6 nitrogen and oxygen atoms in total. The molecule has 2 aliphatic rings. The molecule has 2 aliphatic heterocycles. The monoisotopic (exact) mass is 427 g/mol. The van der Waals surface area contributed by atoms with Crippen LogP contribution in [0.25, 0.3) is 0 Å². The van der Waals surface area contributed by atoms with E-state index in [1.807, 2.05) is 13.0 Å². The number of hydrogen-bond acceptors (Lipinski definition) is 4. The Hall–Kier alpha value is -1.84. The molecule has 168 valence electrons. The number of aliphatic hydroxyl groups excluding tert-OH is 1. The molecule has 0 radical (unpaired) electrons. The van der Waals surface area contributed by atoms with E-state index in [9.17, 15) is 18.3 Å². The van der Waals surface area contributed by atoms with Crippen LogP contribution in [0.2, 0.25) is 0 Å². The molecule has 0 spiro atoms. The minimum atomic E-state index is -4.17. The molecule has 3 rings (SSSR count). The van der Waals surface area contributed by atoms with Crippen LogP contribution >= 0.6 is 0 Å². The summed E-state index contributed by atoms with van der Waals surface area (Å²) in [5.74, 6) is 0.541. The first kappa shape index (κ1) is 22.8. The Bertz CT molecular complexity index is 712. The summed E-state index contributed by atoms with van der Waals surface area (Å²) in [7, 11) is 0. The number of guanidine groups is 1. The van der Waals surface area contributed by atoms with Crippen molar-refractivity contribution < 1.29 is 18.3 Å². The maximum Gasteiger partial charge on any atom is 0.401 e. The zero-order chi connectivity index (χ0) is 21.6. The highest BCUT2D eigenvalue weighted by atomic mass is 19.4. The number of hydrogen-bond donors (Lipinski definition) is 3. The van der Waals surface area contributed by atoms with Crippen molar-refractivity contribution in [1.82, 2.24) is 20.4 Å². The molecule has 2 atom stereocenters. The predicted octanol–water partition coefficient (Wildman–Crippen LogP) is 1.60. The fraction of sp³-hybridized carbons (Fsp3) is 0.667. The molecule has 1 fully saturated rings. The van der Waals surface area contributed by atoms with Gasteiger partial charge in [-0.05, 0) is 30.9 Å². The number of fused-ring (bicyclic) bond motifs is 1. The zero-order valence-corrected chi connectivity index (χ0v) is 17.5. The topological polar surface area (TPSA) is 63.1 Å². The van der Waals surface area contributed by atoms with Crippen LogP contribution in [0.1, 0.15) is 24.5 Å². The van der Waals surface area contributed by atoms with Gasteiger partial charge in [0, 0.05) is 45.3 Å². The van der Waals surface area contributed by atoms with Crippen LogP contribution in [-0.2, 0) is 13.0 Å². The Balaban J connectivity index is 1.46. The smallest absolute Gasteiger partial charge is 0.390 e. The van der Waals surface area contributed by atoms with E-state index >= 15 is 0 Å². The fourth-order valence-electron chi connectivity index (χ4n) is 4.12. The highest BCUT2D eigenvalue weighted by Crippen LogP contribution is 2.20. The highest BCUT2D eigenvalue weighted by molar-refractivity contribution is 5.80. The molecule has 3 N–H and O–H groups in total. The van der Waals surface area contributed by atoms with E-state index in [1.165, 1.54) is 16.0 Å². The quantitative estimate of drug-likeness (QED) is 0.456. The third kappa shape index (κ3) is 7.14. The molecular weight excluding hydrogens is 395 g/mol. The molecule has 0 bridgehead atoms. The average Bonchev–Trinajstić information content (AvgIpc) is 3.11. The number of nitrogens with zero attached hydrogens (tertiary/aromatic N) is 3. The van der Waals surface area contributed by atoms with Crippen molar-refractivity contribution >= 4 is 5.96 Å². The van der Waals surface area contributed by atoms with Gasteiger partial charge in [-0.3, -0.25) is 14.8 Å². The van der Waals surface area contributed by atoms with Crippen molar-refractivity contribution in [2.24, 2.45) is 4.99 Å². The van der Waals surface area contributed by atoms with Crippen LogP contribution in [-0.4, -0.2) is 85.0 Å². The molecule has 0 saturated carbocycles. The van der Waals surface area contributed by atoms with Crippen molar-refractivity contribution in [3.63, 3.8) is 0 Å². The van der Waals surface area contributed by atoms with E-state index in [0.717, 1.165) is 19.5 Å². The number of halogens is 3. The zero-order valence-electron chi connectivity index (χ0n) is 17.5. The number of benzene rings is 1. The highest BCUT2D eigenvalue weighted by Gasteiger charge is 2.34. The number of aliphatic imine (C=N–C) groups is 1. The number of aliphatic hydroxyl groups is 1. The van der Waals surface area contributed by atoms with Crippen LogP contribution in [0, 0.1) is 0 Å². The van der Waals surface area contributed by atoms with Crippen molar-refractivity contribution in [2.75, 3.05) is 45.8 Å². The van der Waals surface area contributed by atoms with E-state index in [4.69, 9.17) is 0 Å². The number of likely N-dealkylation sites (tertiary alicyclic amines) is 1. The van der Waals surface area contributed by atoms with Crippen molar-refractivity contribution in [3.8, 4) is 0 Å². The lowest BCUT2D eigenvalue weighted by molar-refractivity contribution is -0.143. The van der Waals surface area contributed by atoms with Crippen LogP contribution in [0.5, 0.6) is 0 Å². The van der Waals surface area contributed by atoms with Gasteiger partial charge in [0.25, 0.3) is 0 Å². The van der Waals surface area contributed by atoms with Gasteiger partial charge in [-0.15, -0.1) is 0 Å². The minimum absolute atomic E-state index is 0.0825. The summed E-state index contributed by atoms with van der Waals surface area (Å²) < 4.78 is 37.7. The second-order valence-electron chi connectivity index (χ2n) is 8.11. The third-order valence-corrected chi connectivity index (χ3v) is 5.50. The van der Waals surface area contributed by atoms with Gasteiger partial charge in [-0.1, -0.05) is 24.3 Å². The van der Waals surface area contributed by atoms with E-state index in [2.05, 4.69) is 38.7 Å². The molecule has 0 amide bonds. The normalized spacial score (nSPS) is 22.0. The lowest BCUT2D eigenvalue weighted by Gasteiger charge is -2.30. The van der Waals surface area contributed by atoms with Crippen LogP contribution in [0.15, 0.2) is 29.3 Å². The second-order valence-corrected chi connectivity index (χ2v) is 8.11. The molecule has 0 aliphatic carbocycles. The number of alkyl halides is 3. The van der Waals surface area contributed by atoms with Crippen molar-refractivity contribution in [3.05, 3.63) is 35.4 Å². The van der Waals surface area contributed by atoms with Gasteiger partial charge in [-0.25, -0.2) is 0 Å². The van der Waals surface area contributed by atoms with Crippen LogP contribution in [0.3, 0.4) is 0 Å². The van der Waals surface area contributed by atoms with Crippen molar-refractivity contribution in [1.29, 1.82) is 0 Å². The summed E-state index contributed by atoms with van der Waals surface area (Å²) in [6, 6.07) is 8.29. The SMILES string of the molecule is CCNC(=NCC(O)CN1CCc2ccccc2C1)NC1CCN(CC(F)(F)F)C1. The molecule has 1 aromatic carbocycles. The van der Waals surface area contributed by atoms with Crippen LogP contribution < -0.4 is 10.6 Å². The van der Waals surface area contributed by atoms with E-state index in [-0.39, 0.29) is 12.6 Å². The van der Waals surface area contributed by atoms with E-state index < -0.39 is 18.8 Å². The Morgan fingerprint density at radius 3 is 2.73 bits per heavy atom. The first-order valence-corrected chi connectivity index (χ1v) is 10.6. The van der Waals surface area contributed by atoms with Gasteiger partial charge in [0.15, 0.2) is 5.96 Å². The van der Waals surface area contributed by atoms with E-state index in [0.29, 0.717) is 38.6 Å². The maximum absolute atomic E-state index is 12.6. The Labute approximate surface area is 176 Å². The molecule has 9 heteroatoms. The Kier molecular flexibility index (Phi) is 7.96. The average molecular weight is 428 g/mol. The lowest BCUT2D eigenvalue weighted by Crippen LogP contribution is -2.46. The predicted molar refractivity (Wildman–Crippen MR) is 111 cm³/mol. The van der Waals surface area contributed by atoms with Gasteiger partial charge in [0.05, 0.1) is 19.2 Å². The number of β-amino-alcohol motifs (C(OH)–C–C–N with tert-alkyl or cyclic N) is 1. The minimum Gasteiger partial charge on any atom is -0.390 e. The molecule has 2 unspecified atom stereocenters. The van der Waals surface area contributed by atoms with Gasteiger partial charge in [0.1, 0.15) is 0 Å². The number of rotatable bonds is 7. The first-order chi connectivity index (χ1) is 14.3. The van der Waals surface area contributed by atoms with E-state index in [1.54, 1.807) is 0 Å². The van der Waals surface area contributed by atoms with Crippen LogP contribution in [0.4, 0.5) is 13.2 Å². The largest absolute Gasteiger partial charge is 0.401 e. The second kappa shape index (κ2) is 10.5. The van der Waals surface area contributed by atoms with Gasteiger partial charge in [0.2, 0.25) is 0 Å². The maximum atomic E-state index is 12.6. The first-order valence-electron chi connectivity index (χ1n) is 10.6. The standard InChI is InChI=1S/C21H32F3N5O/c1-2-25-20(27-18-8-10-29(13-18)15-21(22,23)24)26-11-19(30)14-28-9-7-16-5-3-4-6-17(16)12-28/h3-6,18-19,30H,2,7-15H2,1H3,(H2,25,26,27). The molecule has 1 saturated heterocycles. The molecule has 1 aromatic rings. The number of nitrogens with one attached hydrogen (secondary N) is 2. The van der Waals surface area contributed by atoms with Gasteiger partial charge < -0.3 is 15.7 Å². The van der Waals surface area contributed by atoms with Gasteiger partial charge in [-0.2, -0.15) is 13.2 Å². The lowest BCUT2D eigenvalue weighted by atomic mass is 10.00. The Morgan fingerprint density at radius 1 is 1.23 bits per heavy atom. The van der Waals surface area contributed by atoms with Gasteiger partial charge >= 0.3 is 6.18 Å². The summed E-state index contributed by atoms with van der Waals surface area (Å²) in [5, 5.41) is 16.8. The molecule has 2 heterocycles. The van der Waals surface area contributed by atoms with Crippen molar-refractivity contribution in [2.45, 2.75) is 44.6 Å². The molecule has 30 heavy (non-hydrogen) atoms. The Morgan fingerprint density at radius 2 is 2.00 bits per heavy atom. The summed E-state index contributed by atoms with van der Waals surface area (Å²) in [4.78, 5) is 8.10. The fourth-order valence-corrected chi connectivity index (χ4v) is 4.12. The molecule has 0 aromatic heterocycles. The summed E-state index contributed by atoms with van der Waals surface area (Å²) in [5.41, 5.74) is 2.68. The summed E-state index contributed by atoms with van der Waals surface area (Å²) in [6.45, 7) is 4.96.